The molecule has 0 radical (unpaired) electrons. The van der Waals surface area contributed by atoms with E-state index in [0.717, 1.165) is 16.7 Å². The molecule has 1 aromatic rings. The van der Waals surface area contributed by atoms with Crippen molar-refractivity contribution in [2.45, 2.75) is 20.3 Å². The normalized spacial score (nSPS) is 9.43. The van der Waals surface area contributed by atoms with Crippen LogP contribution in [0.3, 0.4) is 0 Å². The van der Waals surface area contributed by atoms with E-state index >= 15 is 0 Å². The molecule has 1 aromatic carbocycles. The fourth-order valence-corrected chi connectivity index (χ4v) is 1.31. The third-order valence-electron chi connectivity index (χ3n) is 1.95. The number of aliphatic hydroxyl groups excluding tert-OH is 1. The number of aryl methyl sites for hydroxylation is 2. The maximum Gasteiger partial charge on any atom is 0.123 e. The van der Waals surface area contributed by atoms with Gasteiger partial charge in [-0.1, -0.05) is 11.8 Å². The van der Waals surface area contributed by atoms with E-state index in [0.29, 0.717) is 6.42 Å². The molecule has 0 unspecified atom stereocenters. The van der Waals surface area contributed by atoms with Gasteiger partial charge in [0.25, 0.3) is 0 Å². The molecule has 0 saturated heterocycles. The molecule has 0 spiro atoms. The number of rotatable bonds is 1. The molecule has 14 heavy (non-hydrogen) atoms. The first-order chi connectivity index (χ1) is 6.65. The van der Waals surface area contributed by atoms with Crippen molar-refractivity contribution in [1.82, 2.24) is 0 Å². The first-order valence-corrected chi connectivity index (χ1v) is 4.51. The van der Waals surface area contributed by atoms with E-state index in [1.165, 1.54) is 12.1 Å². The third kappa shape index (κ3) is 2.58. The molecule has 0 aliphatic heterocycles. The topological polar surface area (TPSA) is 20.2 Å². The van der Waals surface area contributed by atoms with Gasteiger partial charge in [0.2, 0.25) is 0 Å². The third-order valence-corrected chi connectivity index (χ3v) is 1.95. The predicted octanol–water partition coefficient (Wildman–Crippen LogP) is 2.18. The SMILES string of the molecule is Cc1cc(F)cc(C)c1C#CCCO. The average Bonchev–Trinajstić information content (AvgIpc) is 2.09. The summed E-state index contributed by atoms with van der Waals surface area (Å²) in [6.07, 6.45) is 0.455. The second-order valence-corrected chi connectivity index (χ2v) is 3.19. The van der Waals surface area contributed by atoms with Gasteiger partial charge in [-0.3, -0.25) is 0 Å². The van der Waals surface area contributed by atoms with Crippen molar-refractivity contribution in [2.75, 3.05) is 6.61 Å². The molecule has 2 heteroatoms. The van der Waals surface area contributed by atoms with Crippen molar-refractivity contribution >= 4 is 0 Å². The Hall–Kier alpha value is -1.33. The van der Waals surface area contributed by atoms with Gasteiger partial charge in [0.15, 0.2) is 0 Å². The fraction of sp³-hybridized carbons (Fsp3) is 0.333. The highest BCUT2D eigenvalue weighted by Crippen LogP contribution is 2.14. The zero-order valence-electron chi connectivity index (χ0n) is 8.39. The molecule has 0 aliphatic rings. The van der Waals surface area contributed by atoms with Crippen LogP contribution in [0.1, 0.15) is 23.1 Å². The van der Waals surface area contributed by atoms with Crippen LogP contribution >= 0.6 is 0 Å². The molecule has 0 aromatic heterocycles. The van der Waals surface area contributed by atoms with Crippen LogP contribution in [-0.4, -0.2) is 11.7 Å². The smallest absolute Gasteiger partial charge is 0.123 e. The number of benzene rings is 1. The minimum absolute atomic E-state index is 0.0618. The van der Waals surface area contributed by atoms with Crippen LogP contribution in [0.15, 0.2) is 12.1 Å². The van der Waals surface area contributed by atoms with Gasteiger partial charge in [0.1, 0.15) is 5.82 Å². The van der Waals surface area contributed by atoms with E-state index in [1.54, 1.807) is 0 Å². The molecule has 0 heterocycles. The largest absolute Gasteiger partial charge is 0.395 e. The van der Waals surface area contributed by atoms with Crippen LogP contribution < -0.4 is 0 Å². The van der Waals surface area contributed by atoms with Crippen molar-refractivity contribution in [3.05, 3.63) is 34.6 Å². The van der Waals surface area contributed by atoms with Crippen molar-refractivity contribution in [3.63, 3.8) is 0 Å². The molecule has 0 atom stereocenters. The Morgan fingerprint density at radius 2 is 1.86 bits per heavy atom. The average molecular weight is 192 g/mol. The van der Waals surface area contributed by atoms with Crippen LogP contribution in [0.25, 0.3) is 0 Å². The summed E-state index contributed by atoms with van der Waals surface area (Å²) in [4.78, 5) is 0. The van der Waals surface area contributed by atoms with E-state index in [9.17, 15) is 4.39 Å². The summed E-state index contributed by atoms with van der Waals surface area (Å²) >= 11 is 0. The predicted molar refractivity (Wildman–Crippen MR) is 54.5 cm³/mol. The number of hydrogen-bond acceptors (Lipinski definition) is 1. The van der Waals surface area contributed by atoms with Gasteiger partial charge in [-0.25, -0.2) is 4.39 Å². The molecule has 0 bridgehead atoms. The monoisotopic (exact) mass is 192 g/mol. The van der Waals surface area contributed by atoms with E-state index in [2.05, 4.69) is 11.8 Å². The quantitative estimate of drug-likeness (QED) is 0.676. The van der Waals surface area contributed by atoms with Gasteiger partial charge < -0.3 is 5.11 Å². The highest BCUT2D eigenvalue weighted by molar-refractivity contribution is 5.46. The van der Waals surface area contributed by atoms with Gasteiger partial charge >= 0.3 is 0 Å². The maximum absolute atomic E-state index is 12.9. The highest BCUT2D eigenvalue weighted by atomic mass is 19.1. The standard InChI is InChI=1S/C12H13FO/c1-9-7-11(13)8-10(2)12(9)5-3-4-6-14/h7-8,14H,4,6H2,1-2H3. The van der Waals surface area contributed by atoms with Crippen molar-refractivity contribution in [1.29, 1.82) is 0 Å². The van der Waals surface area contributed by atoms with E-state index < -0.39 is 0 Å². The molecule has 1 N–H and O–H groups in total. The molecule has 0 saturated carbocycles. The molecule has 0 amide bonds. The maximum atomic E-state index is 12.9. The summed E-state index contributed by atoms with van der Waals surface area (Å²) in [5.74, 6) is 5.53. The summed E-state index contributed by atoms with van der Waals surface area (Å²) in [5, 5.41) is 8.56. The molecule has 1 rings (SSSR count). The van der Waals surface area contributed by atoms with Gasteiger partial charge in [-0.15, -0.1) is 0 Å². The Morgan fingerprint density at radius 1 is 1.29 bits per heavy atom. The second-order valence-electron chi connectivity index (χ2n) is 3.19. The lowest BCUT2D eigenvalue weighted by Gasteiger charge is -2.02. The Kier molecular flexibility index (Phi) is 3.67. The van der Waals surface area contributed by atoms with Gasteiger partial charge in [-0.05, 0) is 37.1 Å². The summed E-state index contributed by atoms with van der Waals surface area (Å²) in [6.45, 7) is 3.73. The van der Waals surface area contributed by atoms with Crippen molar-refractivity contribution < 1.29 is 9.50 Å². The second kappa shape index (κ2) is 4.78. The molecular formula is C12H13FO. The van der Waals surface area contributed by atoms with E-state index in [-0.39, 0.29) is 12.4 Å². The number of hydrogen-bond donors (Lipinski definition) is 1. The first kappa shape index (κ1) is 10.7. The van der Waals surface area contributed by atoms with E-state index in [4.69, 9.17) is 5.11 Å². The van der Waals surface area contributed by atoms with Crippen molar-refractivity contribution in [3.8, 4) is 11.8 Å². The Bertz CT molecular complexity index is 362. The van der Waals surface area contributed by atoms with Crippen LogP contribution in [0, 0.1) is 31.5 Å². The highest BCUT2D eigenvalue weighted by Gasteiger charge is 2.01. The Labute approximate surface area is 83.6 Å². The Balaban J connectivity index is 3.04. The van der Waals surface area contributed by atoms with Crippen molar-refractivity contribution in [2.24, 2.45) is 0 Å². The van der Waals surface area contributed by atoms with Gasteiger partial charge in [-0.2, -0.15) is 0 Å². The van der Waals surface area contributed by atoms with Crippen LogP contribution in [0.4, 0.5) is 4.39 Å². The minimum atomic E-state index is -0.229. The Morgan fingerprint density at radius 3 is 2.36 bits per heavy atom. The molecule has 74 valence electrons. The lowest BCUT2D eigenvalue weighted by atomic mass is 10.0. The number of halogens is 1. The summed E-state index contributed by atoms with van der Waals surface area (Å²) < 4.78 is 12.9. The zero-order valence-corrected chi connectivity index (χ0v) is 8.39. The van der Waals surface area contributed by atoms with Crippen LogP contribution in [0.5, 0.6) is 0 Å². The molecule has 1 nitrogen and oxygen atoms in total. The lowest BCUT2D eigenvalue weighted by Crippen LogP contribution is -1.90. The molecular weight excluding hydrogens is 179 g/mol. The van der Waals surface area contributed by atoms with Gasteiger partial charge in [0, 0.05) is 12.0 Å². The summed E-state index contributed by atoms with van der Waals surface area (Å²) in [7, 11) is 0. The summed E-state index contributed by atoms with van der Waals surface area (Å²) in [6, 6.07) is 2.94. The lowest BCUT2D eigenvalue weighted by molar-refractivity contribution is 0.305. The fourth-order valence-electron chi connectivity index (χ4n) is 1.31. The number of aliphatic hydroxyl groups is 1. The summed E-state index contributed by atoms with van der Waals surface area (Å²) in [5.41, 5.74) is 2.54. The minimum Gasteiger partial charge on any atom is -0.395 e. The van der Waals surface area contributed by atoms with Crippen LogP contribution in [-0.2, 0) is 0 Å². The van der Waals surface area contributed by atoms with Crippen LogP contribution in [0.2, 0.25) is 0 Å². The van der Waals surface area contributed by atoms with E-state index in [1.807, 2.05) is 13.8 Å². The zero-order chi connectivity index (χ0) is 10.6. The van der Waals surface area contributed by atoms with Gasteiger partial charge in [0.05, 0.1) is 6.61 Å². The molecule has 0 aliphatic carbocycles. The first-order valence-electron chi connectivity index (χ1n) is 4.51. The molecule has 0 fully saturated rings.